The molecular formula is C10H11ClN6. The average molecular weight is 251 g/mol. The Morgan fingerprint density at radius 3 is 3.06 bits per heavy atom. The van der Waals surface area contributed by atoms with Gasteiger partial charge in [0.05, 0.1) is 24.1 Å². The Labute approximate surface area is 103 Å². The molecule has 0 aliphatic rings. The van der Waals surface area contributed by atoms with Gasteiger partial charge in [0.15, 0.2) is 5.65 Å². The van der Waals surface area contributed by atoms with Crippen molar-refractivity contribution in [2.45, 2.75) is 13.3 Å². The maximum Gasteiger partial charge on any atom is 0.226 e. The van der Waals surface area contributed by atoms with E-state index < -0.39 is 0 Å². The molecule has 0 fully saturated rings. The first kappa shape index (κ1) is 11.6. The quantitative estimate of drug-likeness (QED) is 0.836. The van der Waals surface area contributed by atoms with Gasteiger partial charge in [0.25, 0.3) is 0 Å². The summed E-state index contributed by atoms with van der Waals surface area (Å²) in [5.74, 6) is 0.714. The molecule has 0 atom stereocenters. The Balaban J connectivity index is 2.44. The van der Waals surface area contributed by atoms with Crippen LogP contribution in [0.3, 0.4) is 0 Å². The highest BCUT2D eigenvalue weighted by atomic mass is 35.5. The number of rotatable bonds is 4. The van der Waals surface area contributed by atoms with Crippen molar-refractivity contribution in [2.24, 2.45) is 0 Å². The zero-order valence-corrected chi connectivity index (χ0v) is 10.1. The Hall–Kier alpha value is -1.87. The molecule has 0 unspecified atom stereocenters. The lowest BCUT2D eigenvalue weighted by Gasteiger charge is -2.20. The molecule has 2 rings (SSSR count). The van der Waals surface area contributed by atoms with Crippen LogP contribution in [-0.4, -0.2) is 33.3 Å². The Bertz CT molecular complexity index is 557. The van der Waals surface area contributed by atoms with Gasteiger partial charge in [-0.05, 0) is 18.5 Å². The summed E-state index contributed by atoms with van der Waals surface area (Å²) in [6.07, 6.45) is 2.10. The van der Waals surface area contributed by atoms with Crippen molar-refractivity contribution in [2.75, 3.05) is 18.0 Å². The maximum atomic E-state index is 8.63. The van der Waals surface area contributed by atoms with Gasteiger partial charge in [-0.2, -0.15) is 20.3 Å². The van der Waals surface area contributed by atoms with Gasteiger partial charge in [0, 0.05) is 13.1 Å². The third-order valence-corrected chi connectivity index (χ3v) is 2.61. The van der Waals surface area contributed by atoms with E-state index in [1.165, 1.54) is 0 Å². The minimum Gasteiger partial charge on any atom is -0.355 e. The summed E-state index contributed by atoms with van der Waals surface area (Å²) >= 11 is 5.85. The second-order valence-electron chi connectivity index (χ2n) is 3.44. The van der Waals surface area contributed by atoms with Crippen LogP contribution in [-0.2, 0) is 0 Å². The van der Waals surface area contributed by atoms with Crippen LogP contribution < -0.4 is 4.90 Å². The van der Waals surface area contributed by atoms with Crippen molar-refractivity contribution in [3.05, 3.63) is 11.5 Å². The Morgan fingerprint density at radius 2 is 2.35 bits per heavy atom. The number of hydrogen-bond acceptors (Lipinski definition) is 5. The molecule has 0 radical (unpaired) electrons. The van der Waals surface area contributed by atoms with E-state index in [9.17, 15) is 0 Å². The number of hydrogen-bond donors (Lipinski definition) is 1. The van der Waals surface area contributed by atoms with Gasteiger partial charge in [-0.3, -0.25) is 5.10 Å². The second-order valence-corrected chi connectivity index (χ2v) is 3.77. The summed E-state index contributed by atoms with van der Waals surface area (Å²) in [6, 6.07) is 2.12. The average Bonchev–Trinajstić information content (AvgIpc) is 2.77. The van der Waals surface area contributed by atoms with E-state index in [0.29, 0.717) is 24.4 Å². The van der Waals surface area contributed by atoms with E-state index in [0.717, 1.165) is 11.9 Å². The molecule has 0 saturated carbocycles. The minimum atomic E-state index is 0.173. The summed E-state index contributed by atoms with van der Waals surface area (Å²) in [6.45, 7) is 3.36. The van der Waals surface area contributed by atoms with Gasteiger partial charge >= 0.3 is 0 Å². The second kappa shape index (κ2) is 4.97. The normalized spacial score (nSPS) is 10.4. The van der Waals surface area contributed by atoms with E-state index in [2.05, 4.69) is 26.2 Å². The summed E-state index contributed by atoms with van der Waals surface area (Å²) in [7, 11) is 0. The minimum absolute atomic E-state index is 0.173. The molecule has 0 saturated heterocycles. The van der Waals surface area contributed by atoms with E-state index in [1.54, 1.807) is 6.20 Å². The molecule has 0 bridgehead atoms. The highest BCUT2D eigenvalue weighted by Gasteiger charge is 2.13. The van der Waals surface area contributed by atoms with Crippen molar-refractivity contribution in [3.8, 4) is 6.07 Å². The van der Waals surface area contributed by atoms with Crippen molar-refractivity contribution >= 4 is 28.5 Å². The largest absolute Gasteiger partial charge is 0.355 e. The lowest BCUT2D eigenvalue weighted by Crippen LogP contribution is -2.25. The number of aromatic nitrogens is 4. The van der Waals surface area contributed by atoms with Crippen LogP contribution in [0.25, 0.3) is 11.0 Å². The maximum absolute atomic E-state index is 8.63. The van der Waals surface area contributed by atoms with Crippen molar-refractivity contribution in [1.29, 1.82) is 5.26 Å². The number of nitrogens with one attached hydrogen (secondary N) is 1. The van der Waals surface area contributed by atoms with E-state index >= 15 is 0 Å². The monoisotopic (exact) mass is 250 g/mol. The predicted octanol–water partition coefficient (Wildman–Crippen LogP) is 1.75. The lowest BCUT2D eigenvalue weighted by molar-refractivity contribution is 0.813. The number of anilines is 1. The van der Waals surface area contributed by atoms with Gasteiger partial charge in [-0.25, -0.2) is 0 Å². The molecule has 0 aromatic carbocycles. The highest BCUT2D eigenvalue weighted by molar-refractivity contribution is 6.28. The summed E-state index contributed by atoms with van der Waals surface area (Å²) in [5.41, 5.74) is 0.607. The topological polar surface area (TPSA) is 81.5 Å². The third-order valence-electron chi connectivity index (χ3n) is 2.44. The summed E-state index contributed by atoms with van der Waals surface area (Å²) in [4.78, 5) is 10.2. The van der Waals surface area contributed by atoms with Crippen LogP contribution >= 0.6 is 11.6 Å². The van der Waals surface area contributed by atoms with Crippen molar-refractivity contribution in [3.63, 3.8) is 0 Å². The zero-order chi connectivity index (χ0) is 12.3. The number of H-pyrrole nitrogens is 1. The number of nitrogens with zero attached hydrogens (tertiary/aromatic N) is 5. The Morgan fingerprint density at radius 1 is 1.53 bits per heavy atom. The number of fused-ring (bicyclic) bond motifs is 1. The van der Waals surface area contributed by atoms with Crippen LogP contribution in [0.5, 0.6) is 0 Å². The van der Waals surface area contributed by atoms with Gasteiger partial charge in [0.2, 0.25) is 5.28 Å². The van der Waals surface area contributed by atoms with Gasteiger partial charge in [0.1, 0.15) is 5.82 Å². The fourth-order valence-corrected chi connectivity index (χ4v) is 1.80. The molecule has 0 spiro atoms. The molecule has 0 aliphatic carbocycles. The third kappa shape index (κ3) is 2.29. The summed E-state index contributed by atoms with van der Waals surface area (Å²) < 4.78 is 0. The van der Waals surface area contributed by atoms with Crippen molar-refractivity contribution < 1.29 is 0 Å². The molecule has 2 aromatic rings. The fraction of sp³-hybridized carbons (Fsp3) is 0.400. The number of nitriles is 1. The van der Waals surface area contributed by atoms with Crippen LogP contribution in [0.15, 0.2) is 6.20 Å². The predicted molar refractivity (Wildman–Crippen MR) is 64.8 cm³/mol. The molecule has 1 N–H and O–H groups in total. The van der Waals surface area contributed by atoms with Crippen LogP contribution in [0, 0.1) is 11.3 Å². The molecule has 17 heavy (non-hydrogen) atoms. The standard InChI is InChI=1S/C10H11ClN6/c1-2-17(5-3-4-12)9-7-6-13-16-8(7)14-10(11)15-9/h6H,2-3,5H2,1H3,(H,13,14,15,16). The molecular weight excluding hydrogens is 240 g/mol. The molecule has 2 heterocycles. The fourth-order valence-electron chi connectivity index (χ4n) is 1.63. The molecule has 7 heteroatoms. The number of aromatic amines is 1. The van der Waals surface area contributed by atoms with Crippen LogP contribution in [0.2, 0.25) is 5.28 Å². The van der Waals surface area contributed by atoms with E-state index in [-0.39, 0.29) is 5.28 Å². The zero-order valence-electron chi connectivity index (χ0n) is 9.31. The number of halogens is 1. The van der Waals surface area contributed by atoms with Crippen LogP contribution in [0.1, 0.15) is 13.3 Å². The first-order valence-electron chi connectivity index (χ1n) is 5.24. The van der Waals surface area contributed by atoms with Gasteiger partial charge in [-0.15, -0.1) is 0 Å². The van der Waals surface area contributed by atoms with E-state index in [1.807, 2.05) is 11.8 Å². The SMILES string of the molecule is CCN(CCC#N)c1nc(Cl)nc2[nH]ncc12. The molecule has 88 valence electrons. The first-order valence-corrected chi connectivity index (χ1v) is 5.62. The molecule has 2 aromatic heterocycles. The summed E-state index contributed by atoms with van der Waals surface area (Å²) in [5, 5.41) is 16.3. The first-order chi connectivity index (χ1) is 8.26. The molecule has 6 nitrogen and oxygen atoms in total. The molecule has 0 aliphatic heterocycles. The van der Waals surface area contributed by atoms with Crippen molar-refractivity contribution in [1.82, 2.24) is 20.2 Å². The highest BCUT2D eigenvalue weighted by Crippen LogP contribution is 2.23. The van der Waals surface area contributed by atoms with Crippen LogP contribution in [0.4, 0.5) is 5.82 Å². The molecule has 0 amide bonds. The van der Waals surface area contributed by atoms with Gasteiger partial charge < -0.3 is 4.90 Å². The lowest BCUT2D eigenvalue weighted by atomic mass is 10.3. The van der Waals surface area contributed by atoms with Gasteiger partial charge in [-0.1, -0.05) is 0 Å². The smallest absolute Gasteiger partial charge is 0.226 e. The van der Waals surface area contributed by atoms with E-state index in [4.69, 9.17) is 16.9 Å². The Kier molecular flexibility index (Phi) is 3.40.